The third kappa shape index (κ3) is 2.27. The van der Waals surface area contributed by atoms with Crippen LogP contribution in [0.5, 0.6) is 0 Å². The molecular weight excluding hydrogens is 311 g/mol. The second-order valence-electron chi connectivity index (χ2n) is 6.22. The first-order valence-corrected chi connectivity index (χ1v) is 7.90. The highest BCUT2D eigenvalue weighted by atomic mass is 19.1. The number of primary amides is 1. The fourth-order valence-corrected chi connectivity index (χ4v) is 3.87. The van der Waals surface area contributed by atoms with E-state index in [4.69, 9.17) is 16.2 Å². The summed E-state index contributed by atoms with van der Waals surface area (Å²) in [5.41, 5.74) is 12.6. The van der Waals surface area contributed by atoms with Crippen LogP contribution in [0.2, 0.25) is 0 Å². The summed E-state index contributed by atoms with van der Waals surface area (Å²) in [5.74, 6) is -1.08. The molecule has 1 aromatic heterocycles. The molecule has 24 heavy (non-hydrogen) atoms. The lowest BCUT2D eigenvalue weighted by Gasteiger charge is -2.44. The number of carbonyl (C=O) groups is 1. The van der Waals surface area contributed by atoms with Crippen molar-refractivity contribution in [3.63, 3.8) is 0 Å². The van der Waals surface area contributed by atoms with Crippen LogP contribution in [0.15, 0.2) is 23.9 Å². The molecule has 1 aliphatic carbocycles. The number of nitrogens with two attached hydrogens (primary N) is 2. The molecule has 0 radical (unpaired) electrons. The first-order valence-electron chi connectivity index (χ1n) is 7.90. The summed E-state index contributed by atoms with van der Waals surface area (Å²) in [7, 11) is 1.59. The largest absolute Gasteiger partial charge is 0.405 e. The summed E-state index contributed by atoms with van der Waals surface area (Å²) in [6.45, 7) is 2.05. The molecule has 6 nitrogen and oxygen atoms in total. The Morgan fingerprint density at radius 3 is 2.92 bits per heavy atom. The van der Waals surface area contributed by atoms with Crippen molar-refractivity contribution in [1.29, 1.82) is 0 Å². The molecule has 0 bridgehead atoms. The van der Waals surface area contributed by atoms with Crippen LogP contribution in [0, 0.1) is 11.7 Å². The first-order chi connectivity index (χ1) is 11.4. The van der Waals surface area contributed by atoms with Crippen LogP contribution in [-0.2, 0) is 10.3 Å². The van der Waals surface area contributed by atoms with Gasteiger partial charge in [-0.2, -0.15) is 0 Å². The molecule has 1 fully saturated rings. The standard InChI is InChI=1S/C17H21FN4O2/c1-9-4-3-5-10(8-19)17(9,24-2)12-6-11(18)7-13-14(12)22-16(21-13)15(20)23/h6-9H,3-5,19H2,1-2H3,(H2,20,23)(H,21,22)/b10-8+. The Kier molecular flexibility index (Phi) is 4.04. The van der Waals surface area contributed by atoms with Gasteiger partial charge in [0.25, 0.3) is 5.91 Å². The number of amides is 1. The monoisotopic (exact) mass is 332 g/mol. The third-order valence-corrected chi connectivity index (χ3v) is 4.96. The summed E-state index contributed by atoms with van der Waals surface area (Å²) in [6, 6.07) is 2.70. The lowest BCUT2D eigenvalue weighted by molar-refractivity contribution is -0.0423. The number of aromatic amines is 1. The van der Waals surface area contributed by atoms with Crippen molar-refractivity contribution in [2.24, 2.45) is 17.4 Å². The Hall–Kier alpha value is -2.41. The van der Waals surface area contributed by atoms with Gasteiger partial charge in [0.1, 0.15) is 11.4 Å². The summed E-state index contributed by atoms with van der Waals surface area (Å²) < 4.78 is 20.2. The van der Waals surface area contributed by atoms with Crippen molar-refractivity contribution in [2.75, 3.05) is 7.11 Å². The molecule has 2 atom stereocenters. The first kappa shape index (κ1) is 16.4. The Bertz CT molecular complexity index is 829. The van der Waals surface area contributed by atoms with E-state index in [1.807, 2.05) is 6.92 Å². The lowest BCUT2D eigenvalue weighted by atomic mass is 9.69. The number of methoxy groups -OCH3 is 1. The summed E-state index contributed by atoms with van der Waals surface area (Å²) in [5, 5.41) is 0. The van der Waals surface area contributed by atoms with Gasteiger partial charge in [0.05, 0.1) is 11.0 Å². The number of ether oxygens (including phenoxy) is 1. The van der Waals surface area contributed by atoms with Crippen LogP contribution in [0.25, 0.3) is 11.0 Å². The molecule has 1 amide bonds. The smallest absolute Gasteiger partial charge is 0.284 e. The number of imidazole rings is 1. The van der Waals surface area contributed by atoms with Gasteiger partial charge in [-0.25, -0.2) is 9.37 Å². The maximum atomic E-state index is 14.3. The molecule has 1 saturated carbocycles. The van der Waals surface area contributed by atoms with Crippen LogP contribution in [-0.4, -0.2) is 23.0 Å². The topological polar surface area (TPSA) is 107 Å². The number of nitrogens with one attached hydrogen (secondary N) is 1. The Morgan fingerprint density at radius 1 is 1.54 bits per heavy atom. The fraction of sp³-hybridized carbons (Fsp3) is 0.412. The van der Waals surface area contributed by atoms with E-state index >= 15 is 0 Å². The minimum Gasteiger partial charge on any atom is -0.405 e. The molecular formula is C17H21FN4O2. The minimum atomic E-state index is -0.878. The molecule has 2 aromatic rings. The number of fused-ring (bicyclic) bond motifs is 1. The number of aromatic nitrogens is 2. The minimum absolute atomic E-state index is 0.00940. The highest BCUT2D eigenvalue weighted by molar-refractivity contribution is 5.94. The molecule has 7 heteroatoms. The van der Waals surface area contributed by atoms with Gasteiger partial charge in [0.2, 0.25) is 0 Å². The number of hydrogen-bond donors (Lipinski definition) is 3. The van der Waals surface area contributed by atoms with Gasteiger partial charge < -0.3 is 21.2 Å². The molecule has 1 aromatic carbocycles. The molecule has 128 valence electrons. The molecule has 2 unspecified atom stereocenters. The highest BCUT2D eigenvalue weighted by Crippen LogP contribution is 2.49. The number of carbonyl (C=O) groups excluding carboxylic acids is 1. The predicted molar refractivity (Wildman–Crippen MR) is 88.5 cm³/mol. The summed E-state index contributed by atoms with van der Waals surface area (Å²) in [4.78, 5) is 18.5. The molecule has 1 aliphatic rings. The van der Waals surface area contributed by atoms with Gasteiger partial charge >= 0.3 is 0 Å². The average molecular weight is 332 g/mol. The van der Waals surface area contributed by atoms with Gasteiger partial charge in [0.15, 0.2) is 5.82 Å². The normalized spacial score (nSPS) is 26.1. The zero-order valence-electron chi connectivity index (χ0n) is 13.7. The van der Waals surface area contributed by atoms with Crippen LogP contribution in [0.3, 0.4) is 0 Å². The second kappa shape index (κ2) is 5.90. The highest BCUT2D eigenvalue weighted by Gasteiger charge is 2.45. The molecule has 0 aliphatic heterocycles. The molecule has 5 N–H and O–H groups in total. The number of hydrogen-bond acceptors (Lipinski definition) is 4. The van der Waals surface area contributed by atoms with Crippen LogP contribution in [0.4, 0.5) is 4.39 Å². The lowest BCUT2D eigenvalue weighted by Crippen LogP contribution is -2.41. The van der Waals surface area contributed by atoms with Crippen molar-refractivity contribution >= 4 is 16.9 Å². The molecule has 0 saturated heterocycles. The second-order valence-corrected chi connectivity index (χ2v) is 6.22. The Balaban J connectivity index is 2.34. The molecule has 1 heterocycles. The van der Waals surface area contributed by atoms with Crippen molar-refractivity contribution in [3.05, 3.63) is 41.1 Å². The summed E-state index contributed by atoms with van der Waals surface area (Å²) in [6.07, 6.45) is 4.20. The third-order valence-electron chi connectivity index (χ3n) is 4.96. The number of benzene rings is 1. The van der Waals surface area contributed by atoms with Crippen LogP contribution < -0.4 is 11.5 Å². The fourth-order valence-electron chi connectivity index (χ4n) is 3.87. The Labute approximate surface area is 139 Å². The van der Waals surface area contributed by atoms with Crippen molar-refractivity contribution in [1.82, 2.24) is 9.97 Å². The zero-order chi connectivity index (χ0) is 17.5. The van der Waals surface area contributed by atoms with Gasteiger partial charge in [-0.1, -0.05) is 6.92 Å². The quantitative estimate of drug-likeness (QED) is 0.801. The molecule has 3 rings (SSSR count). The number of rotatable bonds is 3. The number of halogens is 1. The van der Waals surface area contributed by atoms with E-state index in [0.717, 1.165) is 24.8 Å². The summed E-state index contributed by atoms with van der Waals surface area (Å²) >= 11 is 0. The van der Waals surface area contributed by atoms with Gasteiger partial charge in [0, 0.05) is 12.7 Å². The van der Waals surface area contributed by atoms with Gasteiger partial charge in [-0.05, 0) is 49.1 Å². The van der Waals surface area contributed by atoms with E-state index in [0.29, 0.717) is 16.6 Å². The van der Waals surface area contributed by atoms with Gasteiger partial charge in [-0.3, -0.25) is 4.79 Å². The number of H-pyrrole nitrogens is 1. The predicted octanol–water partition coefficient (Wildman–Crippen LogP) is 2.31. The van der Waals surface area contributed by atoms with Crippen molar-refractivity contribution in [3.8, 4) is 0 Å². The van der Waals surface area contributed by atoms with E-state index in [-0.39, 0.29) is 11.7 Å². The van der Waals surface area contributed by atoms with Gasteiger partial charge in [-0.15, -0.1) is 0 Å². The van der Waals surface area contributed by atoms with E-state index in [2.05, 4.69) is 9.97 Å². The zero-order valence-corrected chi connectivity index (χ0v) is 13.7. The van der Waals surface area contributed by atoms with E-state index < -0.39 is 17.3 Å². The van der Waals surface area contributed by atoms with Crippen LogP contribution in [0.1, 0.15) is 42.4 Å². The Morgan fingerprint density at radius 2 is 2.29 bits per heavy atom. The van der Waals surface area contributed by atoms with Crippen molar-refractivity contribution < 1.29 is 13.9 Å². The maximum Gasteiger partial charge on any atom is 0.284 e. The van der Waals surface area contributed by atoms with E-state index in [1.165, 1.54) is 18.3 Å². The SMILES string of the molecule is COC1(c2cc(F)cc3[nH]c(C(N)=O)nc23)/C(=C/N)CCCC1C. The van der Waals surface area contributed by atoms with Crippen LogP contribution >= 0.6 is 0 Å². The van der Waals surface area contributed by atoms with E-state index in [9.17, 15) is 9.18 Å². The maximum absolute atomic E-state index is 14.3. The number of nitrogens with zero attached hydrogens (tertiary/aromatic N) is 1. The average Bonchev–Trinajstić information content (AvgIpc) is 2.98. The molecule has 0 spiro atoms. The van der Waals surface area contributed by atoms with E-state index in [1.54, 1.807) is 7.11 Å². The van der Waals surface area contributed by atoms with Crippen molar-refractivity contribution in [2.45, 2.75) is 31.8 Å².